The van der Waals surface area contributed by atoms with E-state index in [1.165, 1.54) is 15.8 Å². The summed E-state index contributed by atoms with van der Waals surface area (Å²) in [6, 6.07) is 14.9. The summed E-state index contributed by atoms with van der Waals surface area (Å²) in [5.74, 6) is 0. The van der Waals surface area contributed by atoms with Crippen LogP contribution in [0.25, 0.3) is 21.3 Å². The highest BCUT2D eigenvalue weighted by molar-refractivity contribution is 7.18. The third-order valence-electron chi connectivity index (χ3n) is 2.98. The Bertz CT molecular complexity index is 701. The molecule has 0 aliphatic carbocycles. The van der Waals surface area contributed by atoms with Crippen molar-refractivity contribution < 1.29 is 0 Å². The van der Waals surface area contributed by atoms with Gasteiger partial charge in [0, 0.05) is 12.7 Å². The van der Waals surface area contributed by atoms with Crippen LogP contribution in [-0.4, -0.2) is 12.0 Å². The van der Waals surface area contributed by atoms with Crippen LogP contribution in [0.1, 0.15) is 5.01 Å². The molecule has 0 saturated carbocycles. The quantitative estimate of drug-likeness (QED) is 0.737. The normalized spacial score (nSPS) is 10.8. The second-order valence-corrected chi connectivity index (χ2v) is 5.48. The van der Waals surface area contributed by atoms with Gasteiger partial charge in [-0.1, -0.05) is 18.2 Å². The van der Waals surface area contributed by atoms with E-state index in [-0.39, 0.29) is 0 Å². The van der Waals surface area contributed by atoms with Crippen LogP contribution >= 0.6 is 11.3 Å². The molecular formula is C15H14N2S. The third kappa shape index (κ3) is 1.97. The topological polar surface area (TPSA) is 24.9 Å². The minimum atomic E-state index is 1.09. The number of hydrogen-bond donors (Lipinski definition) is 1. The molecule has 1 aromatic heterocycles. The van der Waals surface area contributed by atoms with E-state index in [4.69, 9.17) is 0 Å². The lowest BCUT2D eigenvalue weighted by Gasteiger charge is -2.05. The van der Waals surface area contributed by atoms with E-state index in [2.05, 4.69) is 52.8 Å². The molecule has 0 fully saturated rings. The third-order valence-corrected chi connectivity index (χ3v) is 3.91. The number of hydrogen-bond acceptors (Lipinski definition) is 3. The number of fused-ring (bicyclic) bond motifs is 1. The summed E-state index contributed by atoms with van der Waals surface area (Å²) >= 11 is 1.74. The molecule has 0 unspecified atom stereocenters. The van der Waals surface area contributed by atoms with Crippen LogP contribution in [0, 0.1) is 6.92 Å². The van der Waals surface area contributed by atoms with E-state index >= 15 is 0 Å². The zero-order chi connectivity index (χ0) is 12.5. The van der Waals surface area contributed by atoms with Crippen LogP contribution in [0.5, 0.6) is 0 Å². The molecule has 0 saturated heterocycles. The Morgan fingerprint density at radius 2 is 1.89 bits per heavy atom. The van der Waals surface area contributed by atoms with Gasteiger partial charge in [-0.05, 0) is 42.3 Å². The van der Waals surface area contributed by atoms with Crippen LogP contribution in [0.2, 0.25) is 0 Å². The highest BCUT2D eigenvalue weighted by Crippen LogP contribution is 2.29. The number of nitrogens with zero attached hydrogens (tertiary/aromatic N) is 1. The molecule has 0 amide bonds. The minimum Gasteiger partial charge on any atom is -0.388 e. The molecule has 3 heteroatoms. The van der Waals surface area contributed by atoms with Crippen LogP contribution in [-0.2, 0) is 0 Å². The van der Waals surface area contributed by atoms with Gasteiger partial charge in [0.05, 0.1) is 15.2 Å². The van der Waals surface area contributed by atoms with Gasteiger partial charge in [-0.15, -0.1) is 11.3 Å². The maximum Gasteiger partial charge on any atom is 0.0907 e. The van der Waals surface area contributed by atoms with Gasteiger partial charge in [-0.2, -0.15) is 0 Å². The molecule has 1 N–H and O–H groups in total. The van der Waals surface area contributed by atoms with E-state index in [0.717, 1.165) is 16.2 Å². The van der Waals surface area contributed by atoms with Gasteiger partial charge in [-0.3, -0.25) is 0 Å². The number of aromatic nitrogens is 1. The van der Waals surface area contributed by atoms with Crippen molar-refractivity contribution in [2.45, 2.75) is 6.92 Å². The number of benzene rings is 2. The Morgan fingerprint density at radius 3 is 2.72 bits per heavy atom. The lowest BCUT2D eigenvalue weighted by atomic mass is 10.1. The van der Waals surface area contributed by atoms with Crippen molar-refractivity contribution >= 4 is 27.2 Å². The van der Waals surface area contributed by atoms with E-state index in [1.54, 1.807) is 11.3 Å². The lowest BCUT2D eigenvalue weighted by molar-refractivity contribution is 1.35. The predicted molar refractivity (Wildman–Crippen MR) is 79.3 cm³/mol. The van der Waals surface area contributed by atoms with Gasteiger partial charge in [0.2, 0.25) is 0 Å². The highest BCUT2D eigenvalue weighted by Gasteiger charge is 2.03. The molecule has 18 heavy (non-hydrogen) atoms. The summed E-state index contributed by atoms with van der Waals surface area (Å²) in [4.78, 5) is 4.49. The predicted octanol–water partition coefficient (Wildman–Crippen LogP) is 4.31. The molecule has 0 spiro atoms. The average molecular weight is 254 g/mol. The Balaban J connectivity index is 2.12. The number of nitrogens with one attached hydrogen (secondary N) is 1. The molecular weight excluding hydrogens is 240 g/mol. The van der Waals surface area contributed by atoms with Crippen molar-refractivity contribution in [2.75, 3.05) is 12.4 Å². The summed E-state index contributed by atoms with van der Waals surface area (Å²) in [6.45, 7) is 2.05. The molecule has 2 nitrogen and oxygen atoms in total. The second kappa shape index (κ2) is 4.42. The van der Waals surface area contributed by atoms with Crippen LogP contribution in [0.15, 0.2) is 42.5 Å². The largest absolute Gasteiger partial charge is 0.388 e. The molecule has 1 heterocycles. The van der Waals surface area contributed by atoms with E-state index in [0.29, 0.717) is 0 Å². The lowest BCUT2D eigenvalue weighted by Crippen LogP contribution is -1.87. The Labute approximate surface area is 110 Å². The van der Waals surface area contributed by atoms with Crippen LogP contribution in [0.3, 0.4) is 0 Å². The van der Waals surface area contributed by atoms with Gasteiger partial charge in [0.25, 0.3) is 0 Å². The maximum absolute atomic E-state index is 4.49. The number of thiazole rings is 1. The second-order valence-electron chi connectivity index (χ2n) is 4.25. The van der Waals surface area contributed by atoms with Crippen LogP contribution < -0.4 is 5.32 Å². The molecule has 0 aliphatic rings. The first kappa shape index (κ1) is 11.2. The van der Waals surface area contributed by atoms with Gasteiger partial charge < -0.3 is 5.32 Å². The molecule has 3 rings (SSSR count). The zero-order valence-corrected chi connectivity index (χ0v) is 11.2. The van der Waals surface area contributed by atoms with E-state index < -0.39 is 0 Å². The molecule has 0 atom stereocenters. The van der Waals surface area contributed by atoms with Gasteiger partial charge in [0.15, 0.2) is 0 Å². The SMILES string of the molecule is CNc1cccc(-c2ccc3nc(C)sc3c2)c1. The average Bonchev–Trinajstić information content (AvgIpc) is 2.77. The van der Waals surface area contributed by atoms with Gasteiger partial charge in [0.1, 0.15) is 0 Å². The standard InChI is InChI=1S/C15H14N2S/c1-10-17-14-7-6-12(9-15(14)18-10)11-4-3-5-13(8-11)16-2/h3-9,16H,1-2H3. The summed E-state index contributed by atoms with van der Waals surface area (Å²) in [5, 5.41) is 4.29. The van der Waals surface area contributed by atoms with E-state index in [9.17, 15) is 0 Å². The number of rotatable bonds is 2. The van der Waals surface area contributed by atoms with Crippen molar-refractivity contribution in [1.82, 2.24) is 4.98 Å². The molecule has 3 aromatic rings. The first-order valence-corrected chi connectivity index (χ1v) is 6.73. The number of anilines is 1. The van der Waals surface area contributed by atoms with Crippen molar-refractivity contribution in [2.24, 2.45) is 0 Å². The first-order valence-electron chi connectivity index (χ1n) is 5.91. The van der Waals surface area contributed by atoms with Crippen molar-refractivity contribution in [3.8, 4) is 11.1 Å². The zero-order valence-electron chi connectivity index (χ0n) is 10.4. The monoisotopic (exact) mass is 254 g/mol. The maximum atomic E-state index is 4.49. The fourth-order valence-electron chi connectivity index (χ4n) is 2.07. The Hall–Kier alpha value is -1.87. The summed E-state index contributed by atoms with van der Waals surface area (Å²) < 4.78 is 1.25. The molecule has 2 aromatic carbocycles. The summed E-state index contributed by atoms with van der Waals surface area (Å²) in [6.07, 6.45) is 0. The molecule has 0 aliphatic heterocycles. The minimum absolute atomic E-state index is 1.09. The van der Waals surface area contributed by atoms with E-state index in [1.807, 2.05) is 14.0 Å². The van der Waals surface area contributed by atoms with Gasteiger partial charge in [-0.25, -0.2) is 4.98 Å². The van der Waals surface area contributed by atoms with Crippen molar-refractivity contribution in [3.63, 3.8) is 0 Å². The smallest absolute Gasteiger partial charge is 0.0907 e. The molecule has 0 radical (unpaired) electrons. The first-order chi connectivity index (χ1) is 8.76. The van der Waals surface area contributed by atoms with Gasteiger partial charge >= 0.3 is 0 Å². The Morgan fingerprint density at radius 1 is 1.06 bits per heavy atom. The molecule has 0 bridgehead atoms. The Kier molecular flexibility index (Phi) is 2.76. The fourth-order valence-corrected chi connectivity index (χ4v) is 2.94. The summed E-state index contributed by atoms with van der Waals surface area (Å²) in [7, 11) is 1.94. The number of aryl methyl sites for hydroxylation is 1. The summed E-state index contributed by atoms with van der Waals surface area (Å²) in [5.41, 5.74) is 4.69. The molecule has 90 valence electrons. The fraction of sp³-hybridized carbons (Fsp3) is 0.133. The van der Waals surface area contributed by atoms with Crippen LogP contribution in [0.4, 0.5) is 5.69 Å². The van der Waals surface area contributed by atoms with Crippen molar-refractivity contribution in [3.05, 3.63) is 47.5 Å². The van der Waals surface area contributed by atoms with Crippen molar-refractivity contribution in [1.29, 1.82) is 0 Å². The highest BCUT2D eigenvalue weighted by atomic mass is 32.1.